The molecule has 0 spiro atoms. The molecule has 0 unspecified atom stereocenters. The molecule has 20 aromatic rings. The number of halogens is 1. The summed E-state index contributed by atoms with van der Waals surface area (Å²) in [6.45, 7) is 0. The van der Waals surface area contributed by atoms with Gasteiger partial charge in [-0.3, -0.25) is 0 Å². The van der Waals surface area contributed by atoms with E-state index in [0.29, 0.717) is 5.46 Å². The van der Waals surface area contributed by atoms with Crippen molar-refractivity contribution in [1.82, 2.24) is 0 Å². The predicted molar refractivity (Wildman–Crippen MR) is 419 cm³/mol. The monoisotopic (exact) mass is 1320 g/mol. The highest BCUT2D eigenvalue weighted by molar-refractivity contribution is 9.10. The molecule has 0 aliphatic rings. The fourth-order valence-electron chi connectivity index (χ4n) is 15.1. The van der Waals surface area contributed by atoms with Crippen molar-refractivity contribution in [3.63, 3.8) is 0 Å². The van der Waals surface area contributed by atoms with E-state index in [-0.39, 0.29) is 0 Å². The Labute approximate surface area is 573 Å². The predicted octanol–water partition coefficient (Wildman–Crippen LogP) is 24.9. The molecule has 460 valence electrons. The average molecular weight is 1320 g/mol. The maximum atomic E-state index is 10.1. The van der Waals surface area contributed by atoms with Crippen LogP contribution < -0.4 is 5.46 Å². The van der Waals surface area contributed by atoms with Crippen LogP contribution in [0.5, 0.6) is 0 Å². The normalized spacial score (nSPS) is 11.6. The van der Waals surface area contributed by atoms with E-state index in [2.05, 4.69) is 301 Å². The largest absolute Gasteiger partial charge is 0.489 e. The van der Waals surface area contributed by atoms with Crippen molar-refractivity contribution in [3.8, 4) is 55.6 Å². The highest BCUT2D eigenvalue weighted by Gasteiger charge is 2.23. The highest BCUT2D eigenvalue weighted by atomic mass is 79.9. The van der Waals surface area contributed by atoms with Crippen molar-refractivity contribution in [3.05, 3.63) is 344 Å². The van der Waals surface area contributed by atoms with Crippen LogP contribution in [0.3, 0.4) is 0 Å². The van der Waals surface area contributed by atoms with Crippen molar-refractivity contribution >= 4 is 159 Å². The standard InChI is InChI=1S/C46H28O.C24H17BO2.C22H13BrO/c1-2-12-31-26-35(21-20-29(31)10-1)45-39-18-7-5-16-37(39)44(38-17-6-8-19-40(38)45)34-14-9-13-32(27-34)33-23-25-43-42(28-33)41-24-22-30-11-3-4-15-36(30)46(41)47-43;26-25(27)24-21-11-5-3-9-19(21)23(20-10-4-6-12-22(20)24)18-14-13-16-7-1-2-8-17(16)15-18;23-17-6-3-5-15(12-17)16-9-11-21-20(13-16)19-10-8-14-4-1-2-7-18(14)22(19)24-21/h1-28H;1-15,26-27H;1-13H. The highest BCUT2D eigenvalue weighted by Crippen LogP contribution is 2.46. The number of fused-ring (bicyclic) bond motifs is 16. The van der Waals surface area contributed by atoms with Crippen molar-refractivity contribution in [2.75, 3.05) is 0 Å². The minimum Gasteiger partial charge on any atom is -0.455 e. The van der Waals surface area contributed by atoms with Gasteiger partial charge < -0.3 is 18.9 Å². The fourth-order valence-corrected chi connectivity index (χ4v) is 15.5. The van der Waals surface area contributed by atoms with E-state index < -0.39 is 7.12 Å². The first-order valence-electron chi connectivity index (χ1n) is 33.1. The summed E-state index contributed by atoms with van der Waals surface area (Å²) < 4.78 is 13.7. The molecule has 20 rings (SSSR count). The lowest BCUT2D eigenvalue weighted by Crippen LogP contribution is -2.31. The number of benzene rings is 18. The van der Waals surface area contributed by atoms with Crippen LogP contribution in [0.15, 0.2) is 353 Å². The van der Waals surface area contributed by atoms with Gasteiger partial charge in [0, 0.05) is 36.8 Å². The van der Waals surface area contributed by atoms with Crippen LogP contribution in [0.4, 0.5) is 0 Å². The first kappa shape index (κ1) is 58.7. The summed E-state index contributed by atoms with van der Waals surface area (Å²) in [6, 6.07) is 120. The average Bonchev–Trinajstić information content (AvgIpc) is 0.921. The molecule has 2 N–H and O–H groups in total. The van der Waals surface area contributed by atoms with Crippen LogP contribution in [0.25, 0.3) is 186 Å². The summed E-state index contributed by atoms with van der Waals surface area (Å²) in [4.78, 5) is 0. The molecule has 98 heavy (non-hydrogen) atoms. The van der Waals surface area contributed by atoms with E-state index in [0.717, 1.165) is 86.4 Å². The topological polar surface area (TPSA) is 66.7 Å². The maximum Gasteiger partial charge on any atom is 0.489 e. The molecule has 0 radical (unpaired) electrons. The van der Waals surface area contributed by atoms with Gasteiger partial charge in [-0.25, -0.2) is 0 Å². The van der Waals surface area contributed by atoms with Gasteiger partial charge in [-0.1, -0.05) is 289 Å². The second kappa shape index (κ2) is 24.4. The summed E-state index contributed by atoms with van der Waals surface area (Å²) in [5.74, 6) is 0. The van der Waals surface area contributed by atoms with Gasteiger partial charge in [0.2, 0.25) is 0 Å². The van der Waals surface area contributed by atoms with E-state index in [1.807, 2.05) is 54.6 Å². The summed E-state index contributed by atoms with van der Waals surface area (Å²) in [5.41, 5.74) is 16.3. The molecule has 0 amide bonds. The fraction of sp³-hybridized carbons (Fsp3) is 0. The van der Waals surface area contributed by atoms with Crippen LogP contribution in [-0.4, -0.2) is 17.2 Å². The lowest BCUT2D eigenvalue weighted by atomic mass is 9.72. The molecule has 2 aromatic heterocycles. The molecule has 18 aromatic carbocycles. The Morgan fingerprint density at radius 2 is 0.531 bits per heavy atom. The molecule has 0 saturated heterocycles. The second-order valence-corrected chi connectivity index (χ2v) is 26.2. The van der Waals surface area contributed by atoms with Gasteiger partial charge in [0.1, 0.15) is 22.3 Å². The third-order valence-electron chi connectivity index (χ3n) is 19.6. The van der Waals surface area contributed by atoms with Gasteiger partial charge in [0.25, 0.3) is 0 Å². The number of furan rings is 2. The zero-order valence-electron chi connectivity index (χ0n) is 53.0. The smallest absolute Gasteiger partial charge is 0.455 e. The van der Waals surface area contributed by atoms with E-state index in [9.17, 15) is 10.0 Å². The van der Waals surface area contributed by atoms with Crippen LogP contribution in [0, 0.1) is 0 Å². The first-order valence-corrected chi connectivity index (χ1v) is 33.9. The molecule has 0 fully saturated rings. The summed E-state index contributed by atoms with van der Waals surface area (Å²) in [6.07, 6.45) is 0. The van der Waals surface area contributed by atoms with Gasteiger partial charge in [0.15, 0.2) is 0 Å². The van der Waals surface area contributed by atoms with Gasteiger partial charge in [0.05, 0.1) is 0 Å². The third kappa shape index (κ3) is 10.2. The second-order valence-electron chi connectivity index (χ2n) is 25.3. The molecule has 0 aliphatic heterocycles. The Kier molecular flexibility index (Phi) is 14.6. The third-order valence-corrected chi connectivity index (χ3v) is 20.1. The molecular formula is C92H58BBrO4. The Hall–Kier alpha value is -11.9. The Morgan fingerprint density at radius 3 is 0.959 bits per heavy atom. The molecule has 0 saturated carbocycles. The lowest BCUT2D eigenvalue weighted by Gasteiger charge is -2.18. The lowest BCUT2D eigenvalue weighted by molar-refractivity contribution is 0.426. The van der Waals surface area contributed by atoms with Gasteiger partial charge >= 0.3 is 7.12 Å². The summed E-state index contributed by atoms with van der Waals surface area (Å²) in [5, 5.41) is 43.2. The van der Waals surface area contributed by atoms with Crippen LogP contribution >= 0.6 is 15.9 Å². The number of hydrogen-bond donors (Lipinski definition) is 2. The Balaban J connectivity index is 0.000000116. The van der Waals surface area contributed by atoms with Gasteiger partial charge in [-0.05, 0) is 203 Å². The van der Waals surface area contributed by atoms with Crippen LogP contribution in [-0.2, 0) is 0 Å². The van der Waals surface area contributed by atoms with Crippen molar-refractivity contribution in [2.24, 2.45) is 0 Å². The van der Waals surface area contributed by atoms with E-state index in [4.69, 9.17) is 8.83 Å². The molecule has 0 atom stereocenters. The molecule has 6 heteroatoms. The van der Waals surface area contributed by atoms with Crippen molar-refractivity contribution in [2.45, 2.75) is 0 Å². The van der Waals surface area contributed by atoms with Gasteiger partial charge in [-0.2, -0.15) is 0 Å². The van der Waals surface area contributed by atoms with Crippen LogP contribution in [0.2, 0.25) is 0 Å². The van der Waals surface area contributed by atoms with Crippen molar-refractivity contribution in [1.29, 1.82) is 0 Å². The molecule has 2 heterocycles. The molecule has 4 nitrogen and oxygen atoms in total. The molecular weight excluding hydrogens is 1260 g/mol. The quantitative estimate of drug-likeness (QED) is 0.129. The first-order chi connectivity index (χ1) is 48.3. The zero-order valence-corrected chi connectivity index (χ0v) is 54.6. The molecule has 0 aliphatic carbocycles. The number of hydrogen-bond acceptors (Lipinski definition) is 4. The summed E-state index contributed by atoms with van der Waals surface area (Å²) >= 11 is 3.55. The minimum atomic E-state index is -1.52. The SMILES string of the molecule is Brc1cccc(-c2ccc3oc4c5ccccc5ccc4c3c2)c1.OB(O)c1c2ccccc2c(-c2ccc3ccccc3c2)c2ccccc12.c1cc(-c2ccc3oc4c5ccccc5ccc4c3c2)cc(-c2c3ccccc3c(-c3ccc4ccccc4c3)c3ccccc23)c1. The maximum absolute atomic E-state index is 10.1. The Morgan fingerprint density at radius 1 is 0.214 bits per heavy atom. The van der Waals surface area contributed by atoms with E-state index in [1.165, 1.54) is 104 Å². The molecule has 0 bridgehead atoms. The van der Waals surface area contributed by atoms with Gasteiger partial charge in [-0.15, -0.1) is 0 Å². The number of rotatable bonds is 6. The summed E-state index contributed by atoms with van der Waals surface area (Å²) in [7, 11) is -1.52. The van der Waals surface area contributed by atoms with E-state index in [1.54, 1.807) is 0 Å². The van der Waals surface area contributed by atoms with Crippen LogP contribution in [0.1, 0.15) is 0 Å². The minimum absolute atomic E-state index is 0.561. The van der Waals surface area contributed by atoms with Crippen molar-refractivity contribution < 1.29 is 18.9 Å². The Bertz CT molecular complexity index is 6470. The van der Waals surface area contributed by atoms with E-state index >= 15 is 0 Å². The zero-order chi connectivity index (χ0) is 65.4.